The van der Waals surface area contributed by atoms with E-state index in [-0.39, 0.29) is 6.04 Å². The molecule has 1 atom stereocenters. The van der Waals surface area contributed by atoms with Crippen LogP contribution < -0.4 is 11.1 Å². The number of rotatable bonds is 4. The number of hydrogen-bond donors (Lipinski definition) is 2. The summed E-state index contributed by atoms with van der Waals surface area (Å²) in [5, 5.41) is 4.34. The van der Waals surface area contributed by atoms with Crippen molar-refractivity contribution in [3.63, 3.8) is 0 Å². The van der Waals surface area contributed by atoms with Gasteiger partial charge >= 0.3 is 0 Å². The van der Waals surface area contributed by atoms with Crippen LogP contribution in [0.5, 0.6) is 0 Å². The lowest BCUT2D eigenvalue weighted by molar-refractivity contribution is 0.100. The Labute approximate surface area is 127 Å². The third kappa shape index (κ3) is 3.44. The second-order valence-corrected chi connectivity index (χ2v) is 5.32. The molecule has 5 heteroatoms. The van der Waals surface area contributed by atoms with Gasteiger partial charge in [-0.25, -0.2) is 0 Å². The Hall–Kier alpha value is -1.71. The van der Waals surface area contributed by atoms with Gasteiger partial charge in [-0.1, -0.05) is 35.3 Å². The van der Waals surface area contributed by atoms with Crippen molar-refractivity contribution in [3.8, 4) is 0 Å². The predicted molar refractivity (Wildman–Crippen MR) is 83.5 cm³/mol. The molecule has 0 aliphatic heterocycles. The quantitative estimate of drug-likeness (QED) is 0.886. The average Bonchev–Trinajstić information content (AvgIpc) is 2.41. The van der Waals surface area contributed by atoms with Crippen LogP contribution in [0.4, 0.5) is 5.69 Å². The van der Waals surface area contributed by atoms with E-state index >= 15 is 0 Å². The van der Waals surface area contributed by atoms with Crippen molar-refractivity contribution in [2.24, 2.45) is 5.73 Å². The van der Waals surface area contributed by atoms with E-state index in [1.807, 2.05) is 31.2 Å². The van der Waals surface area contributed by atoms with Crippen molar-refractivity contribution < 1.29 is 4.79 Å². The first-order chi connectivity index (χ1) is 9.47. The van der Waals surface area contributed by atoms with Gasteiger partial charge in [-0.05, 0) is 42.8 Å². The standard InChI is InChI=1S/C15H14Cl2N2O/c1-9(10-2-4-11(16)5-3-10)19-12-6-7-14(17)13(8-12)15(18)20/h2-9,19H,1H3,(H2,18,20). The Morgan fingerprint density at radius 3 is 2.40 bits per heavy atom. The summed E-state index contributed by atoms with van der Waals surface area (Å²) in [7, 11) is 0. The van der Waals surface area contributed by atoms with E-state index in [1.54, 1.807) is 18.2 Å². The normalized spacial score (nSPS) is 11.9. The number of halogens is 2. The second-order valence-electron chi connectivity index (χ2n) is 4.48. The van der Waals surface area contributed by atoms with E-state index in [9.17, 15) is 4.79 Å². The molecular weight excluding hydrogens is 295 g/mol. The molecule has 0 heterocycles. The van der Waals surface area contributed by atoms with Crippen LogP contribution in [0, 0.1) is 0 Å². The average molecular weight is 309 g/mol. The number of anilines is 1. The largest absolute Gasteiger partial charge is 0.379 e. The Balaban J connectivity index is 2.19. The molecule has 0 aliphatic carbocycles. The minimum Gasteiger partial charge on any atom is -0.379 e. The van der Waals surface area contributed by atoms with Crippen LogP contribution in [0.1, 0.15) is 28.9 Å². The van der Waals surface area contributed by atoms with Crippen LogP contribution in [-0.4, -0.2) is 5.91 Å². The summed E-state index contributed by atoms with van der Waals surface area (Å²) < 4.78 is 0. The lowest BCUT2D eigenvalue weighted by Gasteiger charge is -2.16. The lowest BCUT2D eigenvalue weighted by Crippen LogP contribution is -2.13. The summed E-state index contributed by atoms with van der Waals surface area (Å²) in [5.41, 5.74) is 7.45. The fourth-order valence-electron chi connectivity index (χ4n) is 1.89. The first kappa shape index (κ1) is 14.7. The zero-order valence-electron chi connectivity index (χ0n) is 10.9. The molecule has 0 saturated heterocycles. The highest BCUT2D eigenvalue weighted by Crippen LogP contribution is 2.24. The van der Waals surface area contributed by atoms with Crippen molar-refractivity contribution in [1.29, 1.82) is 0 Å². The highest BCUT2D eigenvalue weighted by molar-refractivity contribution is 6.33. The van der Waals surface area contributed by atoms with Crippen molar-refractivity contribution >= 4 is 34.8 Å². The van der Waals surface area contributed by atoms with Crippen molar-refractivity contribution in [1.82, 2.24) is 0 Å². The molecule has 0 bridgehead atoms. The first-order valence-electron chi connectivity index (χ1n) is 6.08. The van der Waals surface area contributed by atoms with Gasteiger partial charge in [-0.3, -0.25) is 4.79 Å². The number of nitrogens with two attached hydrogens (primary N) is 1. The van der Waals surface area contributed by atoms with Crippen LogP contribution in [0.25, 0.3) is 0 Å². The van der Waals surface area contributed by atoms with Crippen LogP contribution in [0.3, 0.4) is 0 Å². The van der Waals surface area contributed by atoms with E-state index in [0.29, 0.717) is 15.6 Å². The highest BCUT2D eigenvalue weighted by Gasteiger charge is 2.10. The Kier molecular flexibility index (Phi) is 4.53. The molecule has 0 fully saturated rings. The van der Waals surface area contributed by atoms with E-state index in [1.165, 1.54) is 0 Å². The summed E-state index contributed by atoms with van der Waals surface area (Å²) >= 11 is 11.8. The maximum Gasteiger partial charge on any atom is 0.250 e. The lowest BCUT2D eigenvalue weighted by atomic mass is 10.1. The molecule has 20 heavy (non-hydrogen) atoms. The summed E-state index contributed by atoms with van der Waals surface area (Å²) in [6.07, 6.45) is 0. The van der Waals surface area contributed by atoms with Crippen LogP contribution >= 0.6 is 23.2 Å². The minimum absolute atomic E-state index is 0.0640. The molecule has 2 aromatic carbocycles. The Morgan fingerprint density at radius 2 is 1.80 bits per heavy atom. The number of nitrogens with one attached hydrogen (secondary N) is 1. The molecular formula is C15H14Cl2N2O. The van der Waals surface area contributed by atoms with E-state index in [2.05, 4.69) is 5.32 Å². The minimum atomic E-state index is -0.544. The summed E-state index contributed by atoms with van der Waals surface area (Å²) in [5.74, 6) is -0.544. The molecule has 0 aromatic heterocycles. The SMILES string of the molecule is CC(Nc1ccc(Cl)c(C(N)=O)c1)c1ccc(Cl)cc1. The molecule has 3 N–H and O–H groups in total. The molecule has 2 rings (SSSR count). The molecule has 0 aliphatic rings. The Morgan fingerprint density at radius 1 is 1.15 bits per heavy atom. The molecule has 0 spiro atoms. The van der Waals surface area contributed by atoms with Gasteiger partial charge in [-0.15, -0.1) is 0 Å². The van der Waals surface area contributed by atoms with E-state index < -0.39 is 5.91 Å². The number of carbonyl (C=O) groups is 1. The highest BCUT2D eigenvalue weighted by atomic mass is 35.5. The van der Waals surface area contributed by atoms with Crippen molar-refractivity contribution in [3.05, 3.63) is 63.6 Å². The summed E-state index contributed by atoms with van der Waals surface area (Å²) in [4.78, 5) is 11.3. The maximum absolute atomic E-state index is 11.3. The monoisotopic (exact) mass is 308 g/mol. The molecule has 3 nitrogen and oxygen atoms in total. The van der Waals surface area contributed by atoms with Gasteiger partial charge < -0.3 is 11.1 Å². The van der Waals surface area contributed by atoms with Gasteiger partial charge in [0.25, 0.3) is 0 Å². The molecule has 1 unspecified atom stereocenters. The zero-order chi connectivity index (χ0) is 14.7. The van der Waals surface area contributed by atoms with Crippen LogP contribution in [0.2, 0.25) is 10.0 Å². The van der Waals surface area contributed by atoms with Crippen LogP contribution in [0.15, 0.2) is 42.5 Å². The van der Waals surface area contributed by atoms with Gasteiger partial charge in [0.1, 0.15) is 0 Å². The third-order valence-corrected chi connectivity index (χ3v) is 3.57. The van der Waals surface area contributed by atoms with Gasteiger partial charge in [-0.2, -0.15) is 0 Å². The predicted octanol–water partition coefficient (Wildman–Crippen LogP) is 4.27. The number of amides is 1. The molecule has 2 aromatic rings. The van der Waals surface area contributed by atoms with Crippen molar-refractivity contribution in [2.45, 2.75) is 13.0 Å². The summed E-state index contributed by atoms with van der Waals surface area (Å²) in [6, 6.07) is 12.7. The van der Waals surface area contributed by atoms with Gasteiger partial charge in [0, 0.05) is 16.8 Å². The van der Waals surface area contributed by atoms with E-state index in [0.717, 1.165) is 11.3 Å². The van der Waals surface area contributed by atoms with Crippen molar-refractivity contribution in [2.75, 3.05) is 5.32 Å². The number of primary amides is 1. The van der Waals surface area contributed by atoms with E-state index in [4.69, 9.17) is 28.9 Å². The Bertz CT molecular complexity index is 626. The number of benzene rings is 2. The number of hydrogen-bond acceptors (Lipinski definition) is 2. The zero-order valence-corrected chi connectivity index (χ0v) is 12.4. The molecule has 104 valence electrons. The fourth-order valence-corrected chi connectivity index (χ4v) is 2.23. The molecule has 0 saturated carbocycles. The second kappa shape index (κ2) is 6.16. The molecule has 1 amide bonds. The van der Waals surface area contributed by atoms with Crippen LogP contribution in [-0.2, 0) is 0 Å². The third-order valence-electron chi connectivity index (χ3n) is 2.98. The topological polar surface area (TPSA) is 55.1 Å². The number of carbonyl (C=O) groups excluding carboxylic acids is 1. The van der Waals surface area contributed by atoms with Gasteiger partial charge in [0.2, 0.25) is 5.91 Å². The summed E-state index contributed by atoms with van der Waals surface area (Å²) in [6.45, 7) is 2.02. The molecule has 0 radical (unpaired) electrons. The first-order valence-corrected chi connectivity index (χ1v) is 6.84. The maximum atomic E-state index is 11.3. The van der Waals surface area contributed by atoms with Gasteiger partial charge in [0.05, 0.1) is 10.6 Å². The van der Waals surface area contributed by atoms with Gasteiger partial charge in [0.15, 0.2) is 0 Å². The smallest absolute Gasteiger partial charge is 0.250 e. The fraction of sp³-hybridized carbons (Fsp3) is 0.133.